The molecular formula is C14H18N2O2. The number of rotatable bonds is 3. The van der Waals surface area contributed by atoms with Crippen LogP contribution in [0, 0.1) is 18.8 Å². The lowest BCUT2D eigenvalue weighted by atomic mass is 10.1. The van der Waals surface area contributed by atoms with Crippen molar-refractivity contribution in [3.63, 3.8) is 0 Å². The Morgan fingerprint density at radius 2 is 2.22 bits per heavy atom. The second-order valence-electron chi connectivity index (χ2n) is 3.79. The molecule has 0 saturated heterocycles. The van der Waals surface area contributed by atoms with Gasteiger partial charge in [-0.2, -0.15) is 0 Å². The normalized spacial score (nSPS) is 9.28. The highest BCUT2D eigenvalue weighted by atomic mass is 16.2. The molecule has 18 heavy (non-hydrogen) atoms. The lowest BCUT2D eigenvalue weighted by molar-refractivity contribution is 0.252. The van der Waals surface area contributed by atoms with Crippen LogP contribution in [0.15, 0.2) is 18.2 Å². The van der Waals surface area contributed by atoms with Crippen molar-refractivity contribution in [2.75, 3.05) is 18.5 Å². The van der Waals surface area contributed by atoms with E-state index in [1.807, 2.05) is 32.0 Å². The summed E-state index contributed by atoms with van der Waals surface area (Å²) in [7, 11) is 0. The minimum atomic E-state index is -0.209. The van der Waals surface area contributed by atoms with E-state index >= 15 is 0 Å². The van der Waals surface area contributed by atoms with E-state index in [0.717, 1.165) is 16.8 Å². The molecule has 0 bridgehead atoms. The molecule has 0 aliphatic carbocycles. The van der Waals surface area contributed by atoms with Crippen molar-refractivity contribution in [2.45, 2.75) is 20.3 Å². The number of amides is 2. The largest absolute Gasteiger partial charge is 0.395 e. The van der Waals surface area contributed by atoms with Gasteiger partial charge in [0.05, 0.1) is 6.61 Å². The van der Waals surface area contributed by atoms with Crippen molar-refractivity contribution in [2.24, 2.45) is 0 Å². The zero-order valence-corrected chi connectivity index (χ0v) is 10.7. The van der Waals surface area contributed by atoms with E-state index in [1.165, 1.54) is 0 Å². The predicted octanol–water partition coefficient (Wildman–Crippen LogP) is 1.87. The Labute approximate surface area is 107 Å². The van der Waals surface area contributed by atoms with Gasteiger partial charge in [-0.25, -0.2) is 4.79 Å². The van der Waals surface area contributed by atoms with Gasteiger partial charge in [-0.3, -0.25) is 0 Å². The lowest BCUT2D eigenvalue weighted by Crippen LogP contribution is -2.28. The van der Waals surface area contributed by atoms with E-state index in [1.54, 1.807) is 0 Å². The number of aryl methyl sites for hydroxylation is 1. The van der Waals surface area contributed by atoms with E-state index in [-0.39, 0.29) is 12.6 Å². The highest BCUT2D eigenvalue weighted by molar-refractivity contribution is 5.90. The number of aliphatic hydroxyl groups is 1. The maximum Gasteiger partial charge on any atom is 0.319 e. The summed E-state index contributed by atoms with van der Waals surface area (Å²) in [5.74, 6) is 5.81. The predicted molar refractivity (Wildman–Crippen MR) is 72.5 cm³/mol. The minimum Gasteiger partial charge on any atom is -0.395 e. The first-order valence-electron chi connectivity index (χ1n) is 5.92. The fraction of sp³-hybridized carbons (Fsp3) is 0.357. The maximum absolute atomic E-state index is 11.4. The van der Waals surface area contributed by atoms with Gasteiger partial charge in [-0.1, -0.05) is 11.8 Å². The van der Waals surface area contributed by atoms with Crippen molar-refractivity contribution in [1.82, 2.24) is 5.32 Å². The van der Waals surface area contributed by atoms with Gasteiger partial charge in [-0.05, 0) is 37.6 Å². The maximum atomic E-state index is 11.4. The molecule has 0 aliphatic heterocycles. The number of carbonyl (C=O) groups is 1. The van der Waals surface area contributed by atoms with Crippen molar-refractivity contribution in [3.8, 4) is 11.8 Å². The van der Waals surface area contributed by atoms with E-state index in [9.17, 15) is 4.79 Å². The molecule has 0 unspecified atom stereocenters. The zero-order valence-electron chi connectivity index (χ0n) is 10.7. The molecule has 96 valence electrons. The fourth-order valence-electron chi connectivity index (χ4n) is 1.43. The van der Waals surface area contributed by atoms with Gasteiger partial charge in [0.15, 0.2) is 0 Å². The summed E-state index contributed by atoms with van der Waals surface area (Å²) in [6, 6.07) is 5.37. The van der Waals surface area contributed by atoms with Crippen molar-refractivity contribution >= 4 is 11.7 Å². The second-order valence-corrected chi connectivity index (χ2v) is 3.79. The molecule has 3 N–H and O–H groups in total. The van der Waals surface area contributed by atoms with Crippen molar-refractivity contribution in [1.29, 1.82) is 0 Å². The van der Waals surface area contributed by atoms with Crippen LogP contribution in [0.25, 0.3) is 0 Å². The SMILES string of the molecule is CCNC(=O)Nc1ccc(C#CCCO)cc1C. The molecule has 0 heterocycles. The van der Waals surface area contributed by atoms with Gasteiger partial charge < -0.3 is 15.7 Å². The summed E-state index contributed by atoms with van der Waals surface area (Å²) in [4.78, 5) is 11.4. The Kier molecular flexibility index (Phi) is 5.75. The molecule has 0 saturated carbocycles. The quantitative estimate of drug-likeness (QED) is 0.713. The number of hydrogen-bond acceptors (Lipinski definition) is 2. The summed E-state index contributed by atoms with van der Waals surface area (Å²) in [5.41, 5.74) is 2.60. The number of aliphatic hydroxyl groups excluding tert-OH is 1. The first kappa shape index (κ1) is 14.1. The number of urea groups is 1. The average Bonchev–Trinajstić information content (AvgIpc) is 2.33. The molecule has 1 aromatic rings. The first-order chi connectivity index (χ1) is 8.67. The molecule has 4 heteroatoms. The molecule has 0 radical (unpaired) electrons. The van der Waals surface area contributed by atoms with Gasteiger partial charge in [0.25, 0.3) is 0 Å². The van der Waals surface area contributed by atoms with Crippen LogP contribution in [0.1, 0.15) is 24.5 Å². The van der Waals surface area contributed by atoms with Gasteiger partial charge in [0.1, 0.15) is 0 Å². The van der Waals surface area contributed by atoms with Gasteiger partial charge in [0.2, 0.25) is 0 Å². The molecule has 1 aromatic carbocycles. The van der Waals surface area contributed by atoms with Crippen LogP contribution in [0.2, 0.25) is 0 Å². The fourth-order valence-corrected chi connectivity index (χ4v) is 1.43. The van der Waals surface area contributed by atoms with E-state index < -0.39 is 0 Å². The standard InChI is InChI=1S/C14H18N2O2/c1-3-15-14(18)16-13-8-7-12(10-11(13)2)6-4-5-9-17/h7-8,10,17H,3,5,9H2,1-2H3,(H2,15,16,18). The van der Waals surface area contributed by atoms with Crippen LogP contribution in [0.3, 0.4) is 0 Å². The van der Waals surface area contributed by atoms with Crippen LogP contribution in [-0.2, 0) is 0 Å². The molecule has 0 aliphatic rings. The topological polar surface area (TPSA) is 61.4 Å². The first-order valence-corrected chi connectivity index (χ1v) is 5.92. The second kappa shape index (κ2) is 7.36. The highest BCUT2D eigenvalue weighted by Gasteiger charge is 2.03. The third kappa shape index (κ3) is 4.48. The van der Waals surface area contributed by atoms with E-state index in [4.69, 9.17) is 5.11 Å². The van der Waals surface area contributed by atoms with Gasteiger partial charge in [-0.15, -0.1) is 0 Å². The molecule has 0 aromatic heterocycles. The molecule has 1 rings (SSSR count). The third-order valence-electron chi connectivity index (χ3n) is 2.28. The Hall–Kier alpha value is -1.99. The Bertz CT molecular complexity index is 472. The molecular weight excluding hydrogens is 228 g/mol. The van der Waals surface area contributed by atoms with E-state index in [0.29, 0.717) is 13.0 Å². The smallest absolute Gasteiger partial charge is 0.319 e. The number of anilines is 1. The van der Waals surface area contributed by atoms with Gasteiger partial charge in [0, 0.05) is 24.2 Å². The number of hydrogen-bond donors (Lipinski definition) is 3. The number of nitrogens with one attached hydrogen (secondary N) is 2. The summed E-state index contributed by atoms with van der Waals surface area (Å²) in [6.07, 6.45) is 0.470. The zero-order chi connectivity index (χ0) is 13.4. The van der Waals surface area contributed by atoms with Crippen LogP contribution >= 0.6 is 0 Å². The molecule has 2 amide bonds. The highest BCUT2D eigenvalue weighted by Crippen LogP contribution is 2.15. The summed E-state index contributed by atoms with van der Waals surface area (Å²) >= 11 is 0. The summed E-state index contributed by atoms with van der Waals surface area (Å²) < 4.78 is 0. The Morgan fingerprint density at radius 3 is 2.83 bits per heavy atom. The van der Waals surface area contributed by atoms with Crippen LogP contribution in [-0.4, -0.2) is 24.3 Å². The molecule has 0 fully saturated rings. The van der Waals surface area contributed by atoms with Crippen LogP contribution in [0.4, 0.5) is 10.5 Å². The van der Waals surface area contributed by atoms with Crippen LogP contribution in [0.5, 0.6) is 0 Å². The molecule has 4 nitrogen and oxygen atoms in total. The van der Waals surface area contributed by atoms with E-state index in [2.05, 4.69) is 22.5 Å². The molecule has 0 atom stereocenters. The lowest BCUT2D eigenvalue weighted by Gasteiger charge is -2.08. The molecule has 0 spiro atoms. The number of benzene rings is 1. The monoisotopic (exact) mass is 246 g/mol. The van der Waals surface area contributed by atoms with Gasteiger partial charge >= 0.3 is 6.03 Å². The third-order valence-corrected chi connectivity index (χ3v) is 2.28. The Morgan fingerprint density at radius 1 is 1.44 bits per heavy atom. The summed E-state index contributed by atoms with van der Waals surface area (Å²) in [6.45, 7) is 4.45. The summed E-state index contributed by atoms with van der Waals surface area (Å²) in [5, 5.41) is 14.1. The Balaban J connectivity index is 2.74. The minimum absolute atomic E-state index is 0.0722. The van der Waals surface area contributed by atoms with Crippen molar-refractivity contribution in [3.05, 3.63) is 29.3 Å². The van der Waals surface area contributed by atoms with Crippen LogP contribution < -0.4 is 10.6 Å². The number of carbonyl (C=O) groups excluding carboxylic acids is 1. The average molecular weight is 246 g/mol. The van der Waals surface area contributed by atoms with Crippen molar-refractivity contribution < 1.29 is 9.90 Å².